The number of hydrogen-bond acceptors (Lipinski definition) is 4. The van der Waals surface area contributed by atoms with Crippen molar-refractivity contribution in [3.63, 3.8) is 0 Å². The molecule has 0 radical (unpaired) electrons. The van der Waals surface area contributed by atoms with Crippen molar-refractivity contribution < 1.29 is 17.9 Å². The maximum Gasteiger partial charge on any atom is 0.229 e. The lowest BCUT2D eigenvalue weighted by Crippen LogP contribution is -2.10. The average Bonchev–Trinajstić information content (AvgIpc) is 2.51. The SMILES string of the molecule is COc1c(CCl)cc(NS(C)(=O)=O)cc1OCc1ccccc1. The molecular weight excluding hydrogens is 338 g/mol. The molecule has 0 aromatic heterocycles. The second kappa shape index (κ2) is 7.57. The molecule has 23 heavy (non-hydrogen) atoms. The van der Waals surface area contributed by atoms with Crippen molar-refractivity contribution >= 4 is 27.3 Å². The molecule has 0 spiro atoms. The highest BCUT2D eigenvalue weighted by Gasteiger charge is 2.14. The van der Waals surface area contributed by atoms with E-state index in [2.05, 4.69) is 4.72 Å². The Morgan fingerprint density at radius 1 is 1.17 bits per heavy atom. The molecule has 2 rings (SSSR count). The second-order valence-corrected chi connectivity index (χ2v) is 6.96. The molecule has 1 N–H and O–H groups in total. The van der Waals surface area contributed by atoms with Crippen LogP contribution < -0.4 is 14.2 Å². The Morgan fingerprint density at radius 2 is 1.87 bits per heavy atom. The summed E-state index contributed by atoms with van der Waals surface area (Å²) in [6, 6.07) is 12.8. The molecule has 0 fully saturated rings. The summed E-state index contributed by atoms with van der Waals surface area (Å²) in [5, 5.41) is 0. The summed E-state index contributed by atoms with van der Waals surface area (Å²) in [7, 11) is -1.88. The van der Waals surface area contributed by atoms with E-state index >= 15 is 0 Å². The number of methoxy groups -OCH3 is 1. The lowest BCUT2D eigenvalue weighted by molar-refractivity contribution is 0.284. The minimum absolute atomic E-state index is 0.171. The van der Waals surface area contributed by atoms with Gasteiger partial charge in [0.05, 0.1) is 24.9 Å². The Hall–Kier alpha value is -1.92. The minimum Gasteiger partial charge on any atom is -0.493 e. The van der Waals surface area contributed by atoms with Crippen LogP contribution in [-0.4, -0.2) is 21.8 Å². The number of sulfonamides is 1. The Kier molecular flexibility index (Phi) is 5.74. The smallest absolute Gasteiger partial charge is 0.229 e. The van der Waals surface area contributed by atoms with Crippen LogP contribution in [0.3, 0.4) is 0 Å². The first-order valence-corrected chi connectivity index (χ1v) is 9.27. The van der Waals surface area contributed by atoms with Crippen LogP contribution in [0.25, 0.3) is 0 Å². The van der Waals surface area contributed by atoms with E-state index in [1.807, 2.05) is 30.3 Å². The standard InChI is InChI=1S/C16H18ClNO4S/c1-21-16-13(10-17)8-14(18-23(2,19)20)9-15(16)22-11-12-6-4-3-5-7-12/h3-9,18H,10-11H2,1-2H3. The highest BCUT2D eigenvalue weighted by Crippen LogP contribution is 2.36. The molecule has 0 aliphatic carbocycles. The van der Waals surface area contributed by atoms with Gasteiger partial charge in [-0.1, -0.05) is 30.3 Å². The summed E-state index contributed by atoms with van der Waals surface area (Å²) in [5.41, 5.74) is 2.02. The molecule has 0 saturated heterocycles. The zero-order valence-electron chi connectivity index (χ0n) is 12.9. The Morgan fingerprint density at radius 3 is 2.43 bits per heavy atom. The van der Waals surface area contributed by atoms with Gasteiger partial charge in [0.2, 0.25) is 10.0 Å². The predicted octanol–water partition coefficient (Wildman–Crippen LogP) is 3.38. The molecular formula is C16H18ClNO4S. The molecule has 5 nitrogen and oxygen atoms in total. The lowest BCUT2D eigenvalue weighted by Gasteiger charge is -2.16. The summed E-state index contributed by atoms with van der Waals surface area (Å²) in [6.07, 6.45) is 1.09. The highest BCUT2D eigenvalue weighted by molar-refractivity contribution is 7.92. The van der Waals surface area contributed by atoms with Crippen LogP contribution in [-0.2, 0) is 22.5 Å². The number of nitrogens with one attached hydrogen (secondary N) is 1. The van der Waals surface area contributed by atoms with Crippen molar-refractivity contribution in [3.05, 3.63) is 53.6 Å². The third kappa shape index (κ3) is 5.04. The van der Waals surface area contributed by atoms with Gasteiger partial charge in [-0.15, -0.1) is 11.6 Å². The number of ether oxygens (including phenoxy) is 2. The van der Waals surface area contributed by atoms with Gasteiger partial charge in [-0.2, -0.15) is 0 Å². The molecule has 0 bridgehead atoms. The first-order valence-electron chi connectivity index (χ1n) is 6.84. The van der Waals surface area contributed by atoms with Crippen molar-refractivity contribution in [2.75, 3.05) is 18.1 Å². The van der Waals surface area contributed by atoms with Gasteiger partial charge in [0.25, 0.3) is 0 Å². The highest BCUT2D eigenvalue weighted by atomic mass is 35.5. The van der Waals surface area contributed by atoms with Gasteiger partial charge in [-0.25, -0.2) is 8.42 Å². The maximum atomic E-state index is 11.4. The molecule has 2 aromatic rings. The molecule has 0 saturated carbocycles. The largest absolute Gasteiger partial charge is 0.493 e. The number of rotatable bonds is 7. The first kappa shape index (κ1) is 17.4. The van der Waals surface area contributed by atoms with Gasteiger partial charge in [0, 0.05) is 11.6 Å². The molecule has 0 atom stereocenters. The molecule has 0 aliphatic heterocycles. The van der Waals surface area contributed by atoms with E-state index in [9.17, 15) is 8.42 Å². The average molecular weight is 356 g/mol. The fourth-order valence-corrected chi connectivity index (χ4v) is 2.85. The van der Waals surface area contributed by atoms with Gasteiger partial charge in [-0.3, -0.25) is 4.72 Å². The number of anilines is 1. The summed E-state index contributed by atoms with van der Waals surface area (Å²) in [6.45, 7) is 0.335. The quantitative estimate of drug-likeness (QED) is 0.773. The van der Waals surface area contributed by atoms with Gasteiger partial charge >= 0.3 is 0 Å². The van der Waals surface area contributed by atoms with Crippen LogP contribution in [0.5, 0.6) is 11.5 Å². The third-order valence-corrected chi connectivity index (χ3v) is 3.91. The molecule has 7 heteroatoms. The molecule has 0 aliphatic rings. The number of hydrogen-bond donors (Lipinski definition) is 1. The Bertz CT molecular complexity index is 763. The maximum absolute atomic E-state index is 11.4. The summed E-state index contributed by atoms with van der Waals surface area (Å²) < 4.78 is 36.4. The lowest BCUT2D eigenvalue weighted by atomic mass is 10.2. The fourth-order valence-electron chi connectivity index (χ4n) is 2.11. The summed E-state index contributed by atoms with van der Waals surface area (Å²) in [5.74, 6) is 1.10. The van der Waals surface area contributed by atoms with Gasteiger partial charge in [0.1, 0.15) is 6.61 Å². The van der Waals surface area contributed by atoms with Gasteiger partial charge < -0.3 is 9.47 Å². The molecule has 0 amide bonds. The number of alkyl halides is 1. The fraction of sp³-hybridized carbons (Fsp3) is 0.250. The van der Waals surface area contributed by atoms with E-state index in [0.717, 1.165) is 11.8 Å². The predicted molar refractivity (Wildman–Crippen MR) is 91.8 cm³/mol. The molecule has 0 unspecified atom stereocenters. The van der Waals surface area contributed by atoms with Gasteiger partial charge in [-0.05, 0) is 11.6 Å². The monoisotopic (exact) mass is 355 g/mol. The van der Waals surface area contributed by atoms with E-state index in [1.165, 1.54) is 7.11 Å². The van der Waals surface area contributed by atoms with Gasteiger partial charge in [0.15, 0.2) is 11.5 Å². The molecule has 0 heterocycles. The minimum atomic E-state index is -3.40. The van der Waals surface area contributed by atoms with Crippen LogP contribution in [0.2, 0.25) is 0 Å². The van der Waals surface area contributed by atoms with Crippen LogP contribution in [0.4, 0.5) is 5.69 Å². The Balaban J connectivity index is 2.32. The van der Waals surface area contributed by atoms with Crippen LogP contribution in [0.15, 0.2) is 42.5 Å². The number of benzene rings is 2. The summed E-state index contributed by atoms with van der Waals surface area (Å²) >= 11 is 5.93. The third-order valence-electron chi connectivity index (χ3n) is 3.02. The van der Waals surface area contributed by atoms with E-state index in [0.29, 0.717) is 29.4 Å². The number of halogens is 1. The first-order chi connectivity index (χ1) is 10.9. The zero-order chi connectivity index (χ0) is 16.9. The molecule has 2 aromatic carbocycles. The van der Waals surface area contributed by atoms with Crippen molar-refractivity contribution in [1.29, 1.82) is 0 Å². The van der Waals surface area contributed by atoms with E-state index in [1.54, 1.807) is 12.1 Å². The molecule has 124 valence electrons. The zero-order valence-corrected chi connectivity index (χ0v) is 14.4. The van der Waals surface area contributed by atoms with E-state index in [4.69, 9.17) is 21.1 Å². The van der Waals surface area contributed by atoms with E-state index < -0.39 is 10.0 Å². The topological polar surface area (TPSA) is 64.6 Å². The Labute approximate surface area is 141 Å². The van der Waals surface area contributed by atoms with Crippen molar-refractivity contribution in [2.45, 2.75) is 12.5 Å². The van der Waals surface area contributed by atoms with Crippen molar-refractivity contribution in [3.8, 4) is 11.5 Å². The van der Waals surface area contributed by atoms with E-state index in [-0.39, 0.29) is 5.88 Å². The summed E-state index contributed by atoms with van der Waals surface area (Å²) in [4.78, 5) is 0. The second-order valence-electron chi connectivity index (χ2n) is 4.95. The normalized spacial score (nSPS) is 11.1. The van der Waals surface area contributed by atoms with Crippen LogP contribution in [0, 0.1) is 0 Å². The van der Waals surface area contributed by atoms with Crippen LogP contribution in [0.1, 0.15) is 11.1 Å². The van der Waals surface area contributed by atoms with Crippen molar-refractivity contribution in [2.24, 2.45) is 0 Å². The van der Waals surface area contributed by atoms with Crippen molar-refractivity contribution in [1.82, 2.24) is 0 Å². The van der Waals surface area contributed by atoms with Crippen LogP contribution >= 0.6 is 11.6 Å².